The SMILES string of the molecule is CCNC(=NCC1(CCOC)CCC1)NCCc1cccc(C(=O)N(C)C)c1. The molecule has 0 heterocycles. The Labute approximate surface area is 169 Å². The Morgan fingerprint density at radius 3 is 2.68 bits per heavy atom. The third-order valence-electron chi connectivity index (χ3n) is 5.45. The Balaban J connectivity index is 1.89. The minimum atomic E-state index is 0.0339. The van der Waals surface area contributed by atoms with Crippen molar-refractivity contribution in [1.82, 2.24) is 15.5 Å². The molecule has 0 radical (unpaired) electrons. The van der Waals surface area contributed by atoms with Crippen LogP contribution in [0.3, 0.4) is 0 Å². The van der Waals surface area contributed by atoms with Crippen LogP contribution >= 0.6 is 0 Å². The summed E-state index contributed by atoms with van der Waals surface area (Å²) in [5.74, 6) is 0.901. The van der Waals surface area contributed by atoms with E-state index in [4.69, 9.17) is 9.73 Å². The van der Waals surface area contributed by atoms with E-state index in [2.05, 4.69) is 23.6 Å². The largest absolute Gasteiger partial charge is 0.385 e. The Bertz CT molecular complexity index is 654. The van der Waals surface area contributed by atoms with Crippen LogP contribution in [-0.4, -0.2) is 64.2 Å². The zero-order chi connectivity index (χ0) is 20.4. The molecule has 0 aliphatic heterocycles. The molecule has 1 aliphatic carbocycles. The lowest BCUT2D eigenvalue weighted by atomic mass is 9.67. The Morgan fingerprint density at radius 2 is 2.07 bits per heavy atom. The van der Waals surface area contributed by atoms with Crippen molar-refractivity contribution < 1.29 is 9.53 Å². The summed E-state index contributed by atoms with van der Waals surface area (Å²) < 4.78 is 5.28. The number of aliphatic imine (C=N–C) groups is 1. The third-order valence-corrected chi connectivity index (χ3v) is 5.45. The van der Waals surface area contributed by atoms with Crippen LogP contribution < -0.4 is 10.6 Å². The van der Waals surface area contributed by atoms with E-state index in [9.17, 15) is 4.79 Å². The zero-order valence-corrected chi connectivity index (χ0v) is 17.9. The second-order valence-electron chi connectivity index (χ2n) is 7.87. The maximum atomic E-state index is 12.1. The van der Waals surface area contributed by atoms with E-state index in [0.717, 1.165) is 56.2 Å². The van der Waals surface area contributed by atoms with E-state index >= 15 is 0 Å². The van der Waals surface area contributed by atoms with Crippen molar-refractivity contribution in [3.63, 3.8) is 0 Å². The first kappa shape index (κ1) is 22.2. The first-order chi connectivity index (χ1) is 13.5. The maximum Gasteiger partial charge on any atom is 0.253 e. The summed E-state index contributed by atoms with van der Waals surface area (Å²) in [6.45, 7) is 5.35. The predicted molar refractivity (Wildman–Crippen MR) is 115 cm³/mol. The lowest BCUT2D eigenvalue weighted by Crippen LogP contribution is -2.41. The molecule has 6 heteroatoms. The first-order valence-electron chi connectivity index (χ1n) is 10.3. The Kier molecular flexibility index (Phi) is 8.77. The van der Waals surface area contributed by atoms with Gasteiger partial charge < -0.3 is 20.3 Å². The predicted octanol–water partition coefficient (Wildman–Crippen LogP) is 2.69. The molecule has 6 nitrogen and oxygen atoms in total. The van der Waals surface area contributed by atoms with Gasteiger partial charge in [-0.05, 0) is 55.7 Å². The molecule has 2 N–H and O–H groups in total. The number of rotatable bonds is 10. The van der Waals surface area contributed by atoms with Crippen molar-refractivity contribution in [1.29, 1.82) is 0 Å². The standard InChI is InChI=1S/C22H36N4O2/c1-5-23-21(25-17-22(11-7-12-22)13-15-28-4)24-14-10-18-8-6-9-19(16-18)20(27)26(2)3/h6,8-9,16H,5,7,10-15,17H2,1-4H3,(H2,23,24,25). The maximum absolute atomic E-state index is 12.1. The van der Waals surface area contributed by atoms with Gasteiger partial charge in [0.2, 0.25) is 0 Å². The quantitative estimate of drug-likeness (QED) is 0.478. The minimum Gasteiger partial charge on any atom is -0.385 e. The van der Waals surface area contributed by atoms with Gasteiger partial charge in [0.1, 0.15) is 0 Å². The molecule has 1 aromatic carbocycles. The molecule has 1 fully saturated rings. The molecule has 0 aromatic heterocycles. The molecule has 156 valence electrons. The van der Waals surface area contributed by atoms with Crippen molar-refractivity contribution in [2.45, 2.75) is 39.0 Å². The first-order valence-corrected chi connectivity index (χ1v) is 10.3. The normalized spacial score (nSPS) is 15.6. The average molecular weight is 389 g/mol. The molecule has 1 saturated carbocycles. The summed E-state index contributed by atoms with van der Waals surface area (Å²) in [4.78, 5) is 18.6. The highest BCUT2D eigenvalue weighted by atomic mass is 16.5. The van der Waals surface area contributed by atoms with E-state index in [1.54, 1.807) is 26.1 Å². The Morgan fingerprint density at radius 1 is 1.29 bits per heavy atom. The van der Waals surface area contributed by atoms with Gasteiger partial charge in [-0.1, -0.05) is 18.6 Å². The van der Waals surface area contributed by atoms with Gasteiger partial charge in [0, 0.05) is 53.0 Å². The molecule has 1 aromatic rings. The number of methoxy groups -OCH3 is 1. The highest BCUT2D eigenvalue weighted by Gasteiger charge is 2.36. The molecular weight excluding hydrogens is 352 g/mol. The number of nitrogens with zero attached hydrogens (tertiary/aromatic N) is 2. The lowest BCUT2D eigenvalue weighted by Gasteiger charge is -2.40. The fourth-order valence-corrected chi connectivity index (χ4v) is 3.51. The highest BCUT2D eigenvalue weighted by molar-refractivity contribution is 5.94. The van der Waals surface area contributed by atoms with E-state index in [0.29, 0.717) is 5.41 Å². The number of nitrogens with one attached hydrogen (secondary N) is 2. The number of hydrogen-bond acceptors (Lipinski definition) is 3. The molecule has 1 aliphatic rings. The van der Waals surface area contributed by atoms with Crippen LogP contribution in [-0.2, 0) is 11.2 Å². The van der Waals surface area contributed by atoms with Gasteiger partial charge in [-0.25, -0.2) is 0 Å². The zero-order valence-electron chi connectivity index (χ0n) is 17.9. The van der Waals surface area contributed by atoms with Gasteiger partial charge >= 0.3 is 0 Å². The molecule has 0 atom stereocenters. The van der Waals surface area contributed by atoms with Crippen LogP contribution in [0.2, 0.25) is 0 Å². The van der Waals surface area contributed by atoms with Gasteiger partial charge in [0.25, 0.3) is 5.91 Å². The van der Waals surface area contributed by atoms with Gasteiger partial charge in [0.15, 0.2) is 5.96 Å². The van der Waals surface area contributed by atoms with Crippen LogP contribution in [0.5, 0.6) is 0 Å². The number of carbonyl (C=O) groups excluding carboxylic acids is 1. The fraction of sp³-hybridized carbons (Fsp3) is 0.636. The summed E-state index contributed by atoms with van der Waals surface area (Å²) in [7, 11) is 5.32. The molecule has 0 spiro atoms. The second-order valence-corrected chi connectivity index (χ2v) is 7.87. The topological polar surface area (TPSA) is 66.0 Å². The smallest absolute Gasteiger partial charge is 0.253 e. The molecule has 2 rings (SSSR count). The average Bonchev–Trinajstić information content (AvgIpc) is 2.66. The summed E-state index contributed by atoms with van der Waals surface area (Å²) in [5.41, 5.74) is 2.19. The monoisotopic (exact) mass is 388 g/mol. The molecule has 28 heavy (non-hydrogen) atoms. The number of guanidine groups is 1. The van der Waals surface area contributed by atoms with Gasteiger partial charge in [0.05, 0.1) is 0 Å². The van der Waals surface area contributed by atoms with Crippen LogP contribution in [0.15, 0.2) is 29.3 Å². The fourth-order valence-electron chi connectivity index (χ4n) is 3.51. The van der Waals surface area contributed by atoms with Crippen LogP contribution in [0.1, 0.15) is 48.5 Å². The Hall–Kier alpha value is -2.08. The van der Waals surface area contributed by atoms with Gasteiger partial charge in [-0.15, -0.1) is 0 Å². The van der Waals surface area contributed by atoms with Crippen molar-refractivity contribution in [2.75, 3.05) is 47.4 Å². The minimum absolute atomic E-state index is 0.0339. The van der Waals surface area contributed by atoms with Gasteiger partial charge in [-0.2, -0.15) is 0 Å². The van der Waals surface area contributed by atoms with E-state index in [-0.39, 0.29) is 5.91 Å². The van der Waals surface area contributed by atoms with Crippen LogP contribution in [0, 0.1) is 5.41 Å². The molecule has 0 bridgehead atoms. The van der Waals surface area contributed by atoms with E-state index in [1.165, 1.54) is 19.3 Å². The summed E-state index contributed by atoms with van der Waals surface area (Å²) >= 11 is 0. The highest BCUT2D eigenvalue weighted by Crippen LogP contribution is 2.44. The summed E-state index contributed by atoms with van der Waals surface area (Å²) in [6.07, 6.45) is 5.70. The lowest BCUT2D eigenvalue weighted by molar-refractivity contribution is 0.0778. The number of hydrogen-bond donors (Lipinski definition) is 2. The summed E-state index contributed by atoms with van der Waals surface area (Å²) in [5, 5.41) is 6.77. The van der Waals surface area contributed by atoms with Crippen LogP contribution in [0.25, 0.3) is 0 Å². The molecular formula is C22H36N4O2. The van der Waals surface area contributed by atoms with E-state index in [1.807, 2.05) is 18.2 Å². The van der Waals surface area contributed by atoms with Gasteiger partial charge in [-0.3, -0.25) is 9.79 Å². The molecule has 0 unspecified atom stereocenters. The number of carbonyl (C=O) groups is 1. The number of amides is 1. The van der Waals surface area contributed by atoms with E-state index < -0.39 is 0 Å². The van der Waals surface area contributed by atoms with Crippen molar-refractivity contribution in [2.24, 2.45) is 10.4 Å². The molecule has 0 saturated heterocycles. The number of ether oxygens (including phenoxy) is 1. The second kappa shape index (κ2) is 11.1. The number of benzene rings is 1. The van der Waals surface area contributed by atoms with Crippen molar-refractivity contribution >= 4 is 11.9 Å². The molecule has 1 amide bonds. The van der Waals surface area contributed by atoms with Crippen LogP contribution in [0.4, 0.5) is 0 Å². The van der Waals surface area contributed by atoms with Crippen molar-refractivity contribution in [3.8, 4) is 0 Å². The van der Waals surface area contributed by atoms with Crippen molar-refractivity contribution in [3.05, 3.63) is 35.4 Å². The third kappa shape index (κ3) is 6.51. The summed E-state index contributed by atoms with van der Waals surface area (Å²) in [6, 6.07) is 7.85.